The monoisotopic (exact) mass is 218 g/mol. The van der Waals surface area contributed by atoms with E-state index in [4.69, 9.17) is 10.2 Å². The van der Waals surface area contributed by atoms with Crippen LogP contribution in [0.5, 0.6) is 0 Å². The molecule has 3 N–H and O–H groups in total. The summed E-state index contributed by atoms with van der Waals surface area (Å²) in [5.41, 5.74) is 0.0625. The second kappa shape index (κ2) is 6.28. The quantitative estimate of drug-likeness (QED) is 0.281. The average Bonchev–Trinajstić information content (AvgIpc) is 2.23. The number of esters is 1. The third-order valence-electron chi connectivity index (χ3n) is 1.64. The average molecular weight is 218 g/mol. The Balaban J connectivity index is 4.43. The van der Waals surface area contributed by atoms with Gasteiger partial charge >= 0.3 is 5.97 Å². The van der Waals surface area contributed by atoms with E-state index < -0.39 is 30.9 Å². The summed E-state index contributed by atoms with van der Waals surface area (Å²) in [6, 6.07) is 0. The predicted octanol–water partition coefficient (Wildman–Crippen LogP) is -1.61. The minimum absolute atomic E-state index is 0.0625. The molecule has 0 heterocycles. The first-order valence-electron chi connectivity index (χ1n) is 4.22. The molecule has 0 spiro atoms. The summed E-state index contributed by atoms with van der Waals surface area (Å²) in [4.78, 5) is 21.5. The fraction of sp³-hybridized carbons (Fsp3) is 0.556. The van der Waals surface area contributed by atoms with Crippen molar-refractivity contribution < 1.29 is 29.6 Å². The van der Waals surface area contributed by atoms with Crippen LogP contribution in [0.2, 0.25) is 0 Å². The Morgan fingerprint density at radius 3 is 2.40 bits per heavy atom. The van der Waals surface area contributed by atoms with Gasteiger partial charge in [0, 0.05) is 5.57 Å². The number of aliphatic hydroxyl groups is 3. The van der Waals surface area contributed by atoms with Crippen LogP contribution in [0, 0.1) is 0 Å². The zero-order valence-electron chi connectivity index (χ0n) is 8.29. The molecule has 6 heteroatoms. The molecule has 0 unspecified atom stereocenters. The van der Waals surface area contributed by atoms with Gasteiger partial charge in [-0.25, -0.2) is 4.79 Å². The van der Waals surface area contributed by atoms with E-state index >= 15 is 0 Å². The highest BCUT2D eigenvalue weighted by Crippen LogP contribution is 2.05. The third-order valence-corrected chi connectivity index (χ3v) is 1.64. The molecule has 0 aliphatic carbocycles. The van der Waals surface area contributed by atoms with E-state index in [0.29, 0.717) is 0 Å². The number of carbonyl (C=O) groups is 2. The predicted molar refractivity (Wildman–Crippen MR) is 49.9 cm³/mol. The Morgan fingerprint density at radius 1 is 1.53 bits per heavy atom. The lowest BCUT2D eigenvalue weighted by molar-refractivity contribution is -0.159. The Labute approximate surface area is 86.8 Å². The molecule has 0 saturated heterocycles. The molecule has 0 fully saturated rings. The summed E-state index contributed by atoms with van der Waals surface area (Å²) in [5, 5.41) is 26.8. The molecule has 0 amide bonds. The second-order valence-corrected chi connectivity index (χ2v) is 3.03. The van der Waals surface area contributed by atoms with Gasteiger partial charge in [-0.05, 0) is 6.92 Å². The lowest BCUT2D eigenvalue weighted by Crippen LogP contribution is -2.43. The Kier molecular flexibility index (Phi) is 5.76. The van der Waals surface area contributed by atoms with E-state index in [9.17, 15) is 14.7 Å². The molecular formula is C9H14O6. The largest absolute Gasteiger partial charge is 0.448 e. The number of rotatable bonds is 6. The summed E-state index contributed by atoms with van der Waals surface area (Å²) in [7, 11) is 0. The van der Waals surface area contributed by atoms with Crippen LogP contribution in [0.15, 0.2) is 12.2 Å². The first-order valence-corrected chi connectivity index (χ1v) is 4.22. The van der Waals surface area contributed by atoms with E-state index in [0.717, 1.165) is 0 Å². The molecule has 0 saturated carbocycles. The summed E-state index contributed by atoms with van der Waals surface area (Å²) in [6.45, 7) is 3.92. The number of hydrogen-bond acceptors (Lipinski definition) is 6. The zero-order chi connectivity index (χ0) is 12.0. The standard InChI is InChI=1S/C9H14O6/c1-5(2)9(14)15-7(4-11)8(13)6(12)3-10/h4,6-8,10,12-13H,1,3H2,2H3/t6-,7-,8-/m1/s1. The second-order valence-electron chi connectivity index (χ2n) is 3.03. The van der Waals surface area contributed by atoms with Crippen molar-refractivity contribution in [3.63, 3.8) is 0 Å². The summed E-state index contributed by atoms with van der Waals surface area (Å²) < 4.78 is 4.52. The van der Waals surface area contributed by atoms with Gasteiger partial charge < -0.3 is 20.1 Å². The molecule has 0 aromatic carbocycles. The van der Waals surface area contributed by atoms with Gasteiger partial charge in [-0.1, -0.05) is 6.58 Å². The van der Waals surface area contributed by atoms with Crippen molar-refractivity contribution in [2.45, 2.75) is 25.2 Å². The summed E-state index contributed by atoms with van der Waals surface area (Å²) in [5.74, 6) is -0.851. The van der Waals surface area contributed by atoms with Gasteiger partial charge in [0.25, 0.3) is 0 Å². The summed E-state index contributed by atoms with van der Waals surface area (Å²) >= 11 is 0. The van der Waals surface area contributed by atoms with Crippen LogP contribution in [-0.4, -0.2) is 52.5 Å². The molecule has 6 nitrogen and oxygen atoms in total. The Hall–Kier alpha value is -1.24. The molecule has 0 aliphatic rings. The molecule has 86 valence electrons. The maximum atomic E-state index is 11.0. The fourth-order valence-electron chi connectivity index (χ4n) is 0.729. The molecule has 0 rings (SSSR count). The summed E-state index contributed by atoms with van der Waals surface area (Å²) in [6.07, 6.45) is -4.55. The number of aldehydes is 1. The van der Waals surface area contributed by atoms with E-state index in [1.54, 1.807) is 0 Å². The van der Waals surface area contributed by atoms with Gasteiger partial charge in [0.05, 0.1) is 6.61 Å². The molecule has 0 aromatic rings. The van der Waals surface area contributed by atoms with Gasteiger partial charge in [0.15, 0.2) is 12.4 Å². The molecule has 0 aliphatic heterocycles. The van der Waals surface area contributed by atoms with E-state index in [1.807, 2.05) is 0 Å². The Morgan fingerprint density at radius 2 is 2.07 bits per heavy atom. The first kappa shape index (κ1) is 13.8. The van der Waals surface area contributed by atoms with E-state index in [1.165, 1.54) is 6.92 Å². The molecule has 15 heavy (non-hydrogen) atoms. The highest BCUT2D eigenvalue weighted by atomic mass is 16.6. The third kappa shape index (κ3) is 4.20. The highest BCUT2D eigenvalue weighted by molar-refractivity contribution is 5.88. The number of carbonyl (C=O) groups excluding carboxylic acids is 2. The van der Waals surface area contributed by atoms with E-state index in [2.05, 4.69) is 11.3 Å². The number of aliphatic hydroxyl groups excluding tert-OH is 3. The van der Waals surface area contributed by atoms with Crippen molar-refractivity contribution in [2.24, 2.45) is 0 Å². The van der Waals surface area contributed by atoms with Crippen LogP contribution < -0.4 is 0 Å². The van der Waals surface area contributed by atoms with Crippen LogP contribution in [0.25, 0.3) is 0 Å². The van der Waals surface area contributed by atoms with E-state index in [-0.39, 0.29) is 11.9 Å². The lowest BCUT2D eigenvalue weighted by atomic mass is 10.1. The van der Waals surface area contributed by atoms with Crippen LogP contribution in [0.1, 0.15) is 6.92 Å². The molecular weight excluding hydrogens is 204 g/mol. The van der Waals surface area contributed by atoms with Gasteiger partial charge in [-0.2, -0.15) is 0 Å². The number of hydrogen-bond donors (Lipinski definition) is 3. The molecule has 0 aromatic heterocycles. The van der Waals surface area contributed by atoms with Crippen molar-refractivity contribution in [1.82, 2.24) is 0 Å². The first-order chi connectivity index (χ1) is 6.93. The smallest absolute Gasteiger partial charge is 0.333 e. The Bertz CT molecular complexity index is 249. The SMILES string of the molecule is C=C(C)C(=O)O[C@H](C=O)[C@H](O)[C@H](O)CO. The molecule has 0 bridgehead atoms. The minimum atomic E-state index is -1.66. The van der Waals surface area contributed by atoms with Crippen molar-refractivity contribution in [2.75, 3.05) is 6.61 Å². The maximum absolute atomic E-state index is 11.0. The van der Waals surface area contributed by atoms with Gasteiger partial charge in [-0.3, -0.25) is 4.79 Å². The molecule has 3 atom stereocenters. The minimum Gasteiger partial charge on any atom is -0.448 e. The van der Waals surface area contributed by atoms with Crippen molar-refractivity contribution in [3.05, 3.63) is 12.2 Å². The van der Waals surface area contributed by atoms with Crippen LogP contribution in [0.4, 0.5) is 0 Å². The maximum Gasteiger partial charge on any atom is 0.333 e. The van der Waals surface area contributed by atoms with Gasteiger partial charge in [0.1, 0.15) is 12.2 Å². The fourth-order valence-corrected chi connectivity index (χ4v) is 0.729. The van der Waals surface area contributed by atoms with Crippen LogP contribution >= 0.6 is 0 Å². The highest BCUT2D eigenvalue weighted by Gasteiger charge is 2.28. The molecule has 0 radical (unpaired) electrons. The van der Waals surface area contributed by atoms with Crippen LogP contribution in [-0.2, 0) is 14.3 Å². The van der Waals surface area contributed by atoms with Crippen LogP contribution in [0.3, 0.4) is 0 Å². The number of ether oxygens (including phenoxy) is 1. The van der Waals surface area contributed by atoms with Crippen molar-refractivity contribution in [1.29, 1.82) is 0 Å². The lowest BCUT2D eigenvalue weighted by Gasteiger charge is -2.21. The normalized spacial score (nSPS) is 16.3. The van der Waals surface area contributed by atoms with Crippen molar-refractivity contribution >= 4 is 12.3 Å². The van der Waals surface area contributed by atoms with Crippen molar-refractivity contribution in [3.8, 4) is 0 Å². The zero-order valence-corrected chi connectivity index (χ0v) is 8.29. The van der Waals surface area contributed by atoms with Gasteiger partial charge in [-0.15, -0.1) is 0 Å². The van der Waals surface area contributed by atoms with Gasteiger partial charge in [0.2, 0.25) is 0 Å². The topological polar surface area (TPSA) is 104 Å².